The first-order valence-corrected chi connectivity index (χ1v) is 6.08. The van der Waals surface area contributed by atoms with Gasteiger partial charge in [0.15, 0.2) is 6.23 Å². The highest BCUT2D eigenvalue weighted by molar-refractivity contribution is 7.90. The monoisotopic (exact) mass is 207 g/mol. The lowest BCUT2D eigenvalue weighted by Crippen LogP contribution is -1.94. The molecule has 1 N–H and O–H groups in total. The molecule has 0 aromatic heterocycles. The molecule has 1 aromatic carbocycles. The summed E-state index contributed by atoms with van der Waals surface area (Å²) >= 11 is 0. The molecular weight excluding hydrogens is 194 g/mol. The van der Waals surface area contributed by atoms with E-state index >= 15 is 0 Å². The van der Waals surface area contributed by atoms with Crippen molar-refractivity contribution in [3.8, 4) is 0 Å². The highest BCUT2D eigenvalue weighted by Crippen LogP contribution is 2.12. The lowest BCUT2D eigenvalue weighted by atomic mass is 10.2. The van der Waals surface area contributed by atoms with E-state index in [4.69, 9.17) is 0 Å². The maximum Gasteiger partial charge on any atom is 0.152 e. The van der Waals surface area contributed by atoms with Crippen LogP contribution in [0.3, 0.4) is 0 Å². The second kappa shape index (κ2) is 4.53. The lowest BCUT2D eigenvalue weighted by molar-refractivity contribution is 0.189. The third kappa shape index (κ3) is 2.53. The van der Waals surface area contributed by atoms with Crippen molar-refractivity contribution in [3.05, 3.63) is 41.3 Å². The third-order valence-electron chi connectivity index (χ3n) is 2.06. The summed E-state index contributed by atoms with van der Waals surface area (Å²) in [7, 11) is -0.0634. The molecule has 74 valence electrons. The predicted molar refractivity (Wildman–Crippen MR) is 60.8 cm³/mol. The minimum Gasteiger partial charge on any atom is -0.371 e. The molecule has 3 heteroatoms. The third-order valence-corrected chi connectivity index (χ3v) is 3.68. The summed E-state index contributed by atoms with van der Waals surface area (Å²) < 4.78 is 4.20. The Morgan fingerprint density at radius 1 is 1.36 bits per heavy atom. The highest BCUT2D eigenvalue weighted by Gasteiger charge is 2.10. The largest absolute Gasteiger partial charge is 0.371 e. The Kier molecular flexibility index (Phi) is 3.11. The molecule has 0 radical (unpaired) electrons. The van der Waals surface area contributed by atoms with E-state index in [2.05, 4.69) is 28.0 Å². The summed E-state index contributed by atoms with van der Waals surface area (Å²) in [6, 6.07) is 10.2. The molecule has 2 rings (SSSR count). The topological polar surface area (TPSA) is 32.6 Å². The maximum atomic E-state index is 9.20. The quantitative estimate of drug-likeness (QED) is 0.792. The molecule has 1 aromatic rings. The van der Waals surface area contributed by atoms with Gasteiger partial charge < -0.3 is 5.11 Å². The molecule has 2 nitrogen and oxygen atoms in total. The first-order chi connectivity index (χ1) is 6.84. The van der Waals surface area contributed by atoms with Crippen molar-refractivity contribution in [2.45, 2.75) is 12.6 Å². The van der Waals surface area contributed by atoms with E-state index < -0.39 is 6.23 Å². The Bertz CT molecular complexity index is 359. The molecule has 1 aliphatic heterocycles. The van der Waals surface area contributed by atoms with E-state index in [0.717, 1.165) is 12.2 Å². The molecular formula is C11H13NOS. The second-order valence-electron chi connectivity index (χ2n) is 3.19. The average Bonchev–Trinajstić information content (AvgIpc) is 2.63. The fourth-order valence-electron chi connectivity index (χ4n) is 1.31. The second-order valence-corrected chi connectivity index (χ2v) is 4.89. The molecule has 0 saturated carbocycles. The first kappa shape index (κ1) is 9.62. The minimum absolute atomic E-state index is 0.0634. The van der Waals surface area contributed by atoms with Gasteiger partial charge >= 0.3 is 0 Å². The lowest BCUT2D eigenvalue weighted by Gasteiger charge is -1.92. The first-order valence-electron chi connectivity index (χ1n) is 4.66. The van der Waals surface area contributed by atoms with Gasteiger partial charge in [-0.3, -0.25) is 0 Å². The van der Waals surface area contributed by atoms with E-state index in [1.807, 2.05) is 18.2 Å². The highest BCUT2D eigenvalue weighted by atomic mass is 32.2. The zero-order valence-corrected chi connectivity index (χ0v) is 8.65. The van der Waals surface area contributed by atoms with Crippen molar-refractivity contribution in [2.75, 3.05) is 5.75 Å². The summed E-state index contributed by atoms with van der Waals surface area (Å²) in [5.41, 5.74) is 1.19. The number of benzene rings is 1. The van der Waals surface area contributed by atoms with Crippen LogP contribution in [-0.2, 0) is 10.7 Å². The van der Waals surface area contributed by atoms with Crippen molar-refractivity contribution < 1.29 is 5.11 Å². The Labute approximate surface area is 86.4 Å². The number of aliphatic hydroxyl groups is 1. The van der Waals surface area contributed by atoms with Crippen LogP contribution in [0.25, 0.3) is 6.08 Å². The molecule has 0 saturated heterocycles. The Morgan fingerprint density at radius 3 is 2.79 bits per heavy atom. The number of nitrogens with zero attached hydrogens (tertiary/aromatic N) is 1. The van der Waals surface area contributed by atoms with Crippen molar-refractivity contribution in [2.24, 2.45) is 4.36 Å². The van der Waals surface area contributed by atoms with E-state index in [1.54, 1.807) is 0 Å². The van der Waals surface area contributed by atoms with Gasteiger partial charge in [-0.1, -0.05) is 41.0 Å². The normalized spacial score (nSPS) is 26.6. The maximum absolute atomic E-state index is 9.20. The number of rotatable bonds is 2. The predicted octanol–water partition coefficient (Wildman–Crippen LogP) is 2.18. The molecule has 2 atom stereocenters. The van der Waals surface area contributed by atoms with Gasteiger partial charge in [0.25, 0.3) is 0 Å². The van der Waals surface area contributed by atoms with Crippen LogP contribution in [0.15, 0.2) is 40.1 Å². The van der Waals surface area contributed by atoms with Gasteiger partial charge in [-0.15, -0.1) is 0 Å². The van der Waals surface area contributed by atoms with Gasteiger partial charge in [0.1, 0.15) is 0 Å². The summed E-state index contributed by atoms with van der Waals surface area (Å²) in [5, 5.41) is 11.3. The Hall–Kier alpha value is -0.930. The van der Waals surface area contributed by atoms with Crippen LogP contribution in [0.4, 0.5) is 0 Å². The smallest absolute Gasteiger partial charge is 0.152 e. The fraction of sp³-hybridized carbons (Fsp3) is 0.273. The van der Waals surface area contributed by atoms with Gasteiger partial charge in [-0.05, 0) is 17.0 Å². The number of aliphatic hydroxyl groups excluding tert-OH is 1. The van der Waals surface area contributed by atoms with Gasteiger partial charge in [0.05, 0.1) is 0 Å². The summed E-state index contributed by atoms with van der Waals surface area (Å²) in [5.74, 6) is 0.991. The minimum atomic E-state index is -0.432. The van der Waals surface area contributed by atoms with Crippen molar-refractivity contribution in [1.29, 1.82) is 0 Å². The van der Waals surface area contributed by atoms with Crippen LogP contribution in [0, 0.1) is 0 Å². The van der Waals surface area contributed by atoms with Crippen LogP contribution in [0.1, 0.15) is 12.0 Å². The fourth-order valence-corrected chi connectivity index (χ4v) is 2.81. The van der Waals surface area contributed by atoms with Crippen LogP contribution in [-0.4, -0.2) is 17.1 Å². The Morgan fingerprint density at radius 2 is 2.14 bits per heavy atom. The van der Waals surface area contributed by atoms with Crippen LogP contribution in [0.2, 0.25) is 0 Å². The van der Waals surface area contributed by atoms with E-state index in [9.17, 15) is 5.11 Å². The molecule has 0 fully saturated rings. The number of hydrogen-bond acceptors (Lipinski definition) is 2. The molecule has 0 amide bonds. The van der Waals surface area contributed by atoms with E-state index in [-0.39, 0.29) is 10.7 Å². The van der Waals surface area contributed by atoms with Crippen LogP contribution >= 0.6 is 0 Å². The van der Waals surface area contributed by atoms with Crippen molar-refractivity contribution in [1.82, 2.24) is 0 Å². The molecule has 1 aliphatic rings. The molecule has 1 heterocycles. The molecule has 0 spiro atoms. The summed E-state index contributed by atoms with van der Waals surface area (Å²) in [4.78, 5) is 0. The van der Waals surface area contributed by atoms with Gasteiger partial charge in [0.2, 0.25) is 0 Å². The zero-order chi connectivity index (χ0) is 9.80. The Balaban J connectivity index is 2.04. The van der Waals surface area contributed by atoms with Gasteiger partial charge in [-0.2, -0.15) is 0 Å². The summed E-state index contributed by atoms with van der Waals surface area (Å²) in [6.07, 6.45) is 2.45. The molecule has 0 aliphatic carbocycles. The molecule has 14 heavy (non-hydrogen) atoms. The SMILES string of the molecule is OC1CCS(C=Cc2ccccc2)=N1. The van der Waals surface area contributed by atoms with Crippen molar-refractivity contribution in [3.63, 3.8) is 0 Å². The molecule has 2 unspecified atom stereocenters. The van der Waals surface area contributed by atoms with Crippen LogP contribution in [0.5, 0.6) is 0 Å². The number of hydrogen-bond donors (Lipinski definition) is 1. The summed E-state index contributed by atoms with van der Waals surface area (Å²) in [6.45, 7) is 0. The molecule has 0 bridgehead atoms. The van der Waals surface area contributed by atoms with Crippen molar-refractivity contribution >= 4 is 16.8 Å². The van der Waals surface area contributed by atoms with Gasteiger partial charge in [-0.25, -0.2) is 4.36 Å². The van der Waals surface area contributed by atoms with E-state index in [0.29, 0.717) is 0 Å². The zero-order valence-electron chi connectivity index (χ0n) is 7.84. The van der Waals surface area contributed by atoms with Gasteiger partial charge in [0, 0.05) is 12.2 Å². The van der Waals surface area contributed by atoms with E-state index in [1.165, 1.54) is 5.56 Å². The van der Waals surface area contributed by atoms with Crippen LogP contribution < -0.4 is 0 Å². The average molecular weight is 207 g/mol. The standard InChI is InChI=1S/C11H13NOS/c13-11-7-9-14(12-11)8-6-10-4-2-1-3-5-10/h1-6,8,11,13H,7,9H2.